The average molecular weight is 368 g/mol. The fourth-order valence-corrected chi connectivity index (χ4v) is 3.90. The Morgan fingerprint density at radius 2 is 2.14 bits per heavy atom. The molecule has 1 heterocycles. The molecule has 0 spiro atoms. The van der Waals surface area contributed by atoms with Gasteiger partial charge in [0.1, 0.15) is 5.75 Å². The number of hydrogen-bond donors (Lipinski definition) is 1. The normalized spacial score (nSPS) is 12.4. The van der Waals surface area contributed by atoms with Crippen LogP contribution < -0.4 is 10.1 Å². The highest BCUT2D eigenvalue weighted by Crippen LogP contribution is 2.28. The maximum absolute atomic E-state index is 5.36. The van der Waals surface area contributed by atoms with Crippen molar-refractivity contribution in [1.29, 1.82) is 0 Å². The molecule has 1 aromatic carbocycles. The highest BCUT2D eigenvalue weighted by Gasteiger charge is 2.14. The molecule has 0 amide bonds. The van der Waals surface area contributed by atoms with Gasteiger partial charge in [-0.1, -0.05) is 19.1 Å². The summed E-state index contributed by atoms with van der Waals surface area (Å²) in [7, 11) is 1.72. The molecule has 0 saturated carbocycles. The van der Waals surface area contributed by atoms with Gasteiger partial charge in [-0.3, -0.25) is 0 Å². The SMILES string of the molecule is CCCNC(Cc1cc(Br)cs1)c1ccc(OC)c(C)c1. The molecule has 2 nitrogen and oxygen atoms in total. The van der Waals surface area contributed by atoms with Gasteiger partial charge < -0.3 is 10.1 Å². The van der Waals surface area contributed by atoms with Crippen molar-refractivity contribution in [2.75, 3.05) is 13.7 Å². The summed E-state index contributed by atoms with van der Waals surface area (Å²) in [5.74, 6) is 0.951. The fourth-order valence-electron chi connectivity index (χ4n) is 2.41. The zero-order valence-corrected chi connectivity index (χ0v) is 15.2. The molecule has 0 saturated heterocycles. The van der Waals surface area contributed by atoms with Gasteiger partial charge in [0.05, 0.1) is 7.11 Å². The number of thiophene rings is 1. The van der Waals surface area contributed by atoms with E-state index in [-0.39, 0.29) is 0 Å². The van der Waals surface area contributed by atoms with Crippen LogP contribution in [0.4, 0.5) is 0 Å². The lowest BCUT2D eigenvalue weighted by Gasteiger charge is -2.19. The van der Waals surface area contributed by atoms with E-state index in [4.69, 9.17) is 4.74 Å². The molecule has 1 unspecified atom stereocenters. The highest BCUT2D eigenvalue weighted by atomic mass is 79.9. The third kappa shape index (κ3) is 4.56. The van der Waals surface area contributed by atoms with Crippen molar-refractivity contribution in [3.8, 4) is 5.75 Å². The summed E-state index contributed by atoms with van der Waals surface area (Å²) in [6.07, 6.45) is 2.15. The fraction of sp³-hybridized carbons (Fsp3) is 0.412. The van der Waals surface area contributed by atoms with E-state index in [0.717, 1.165) is 25.1 Å². The number of hydrogen-bond acceptors (Lipinski definition) is 3. The van der Waals surface area contributed by atoms with Gasteiger partial charge in [0, 0.05) is 27.2 Å². The molecule has 2 rings (SSSR count). The zero-order valence-electron chi connectivity index (χ0n) is 12.8. The number of methoxy groups -OCH3 is 1. The second-order valence-corrected chi connectivity index (χ2v) is 7.08. The highest BCUT2D eigenvalue weighted by molar-refractivity contribution is 9.10. The Hall–Kier alpha value is -0.840. The van der Waals surface area contributed by atoms with E-state index in [0.29, 0.717) is 6.04 Å². The first-order valence-electron chi connectivity index (χ1n) is 7.25. The standard InChI is InChI=1S/C17H22BrNOS/c1-4-7-19-16(10-15-9-14(18)11-21-15)13-5-6-17(20-3)12(2)8-13/h5-6,8-9,11,16,19H,4,7,10H2,1-3H3. The van der Waals surface area contributed by atoms with Gasteiger partial charge in [-0.2, -0.15) is 0 Å². The van der Waals surface area contributed by atoms with Crippen LogP contribution in [0.3, 0.4) is 0 Å². The zero-order chi connectivity index (χ0) is 15.2. The van der Waals surface area contributed by atoms with Crippen LogP contribution in [-0.2, 0) is 6.42 Å². The summed E-state index contributed by atoms with van der Waals surface area (Å²) in [5.41, 5.74) is 2.51. The number of aryl methyl sites for hydroxylation is 1. The molecule has 0 aliphatic heterocycles. The van der Waals surface area contributed by atoms with Crippen LogP contribution in [-0.4, -0.2) is 13.7 Å². The van der Waals surface area contributed by atoms with Gasteiger partial charge in [-0.15, -0.1) is 11.3 Å². The number of benzene rings is 1. The van der Waals surface area contributed by atoms with E-state index >= 15 is 0 Å². The second-order valence-electron chi connectivity index (χ2n) is 5.17. The average Bonchev–Trinajstić information content (AvgIpc) is 2.88. The third-order valence-electron chi connectivity index (χ3n) is 3.49. The van der Waals surface area contributed by atoms with E-state index in [9.17, 15) is 0 Å². The summed E-state index contributed by atoms with van der Waals surface area (Å²) >= 11 is 5.34. The molecule has 1 aromatic heterocycles. The summed E-state index contributed by atoms with van der Waals surface area (Å²) in [5, 5.41) is 5.80. The number of halogens is 1. The minimum absolute atomic E-state index is 0.347. The number of rotatable bonds is 7. The summed E-state index contributed by atoms with van der Waals surface area (Å²) in [6, 6.07) is 9.02. The van der Waals surface area contributed by atoms with Crippen LogP contribution in [0, 0.1) is 6.92 Å². The number of ether oxygens (including phenoxy) is 1. The molecule has 4 heteroatoms. The molecular weight excluding hydrogens is 346 g/mol. The molecule has 0 radical (unpaired) electrons. The first-order valence-corrected chi connectivity index (χ1v) is 8.92. The van der Waals surface area contributed by atoms with E-state index in [1.54, 1.807) is 18.4 Å². The van der Waals surface area contributed by atoms with Gasteiger partial charge in [0.15, 0.2) is 0 Å². The monoisotopic (exact) mass is 367 g/mol. The topological polar surface area (TPSA) is 21.3 Å². The van der Waals surface area contributed by atoms with E-state index < -0.39 is 0 Å². The summed E-state index contributed by atoms with van der Waals surface area (Å²) in [6.45, 7) is 5.33. The van der Waals surface area contributed by atoms with Gasteiger partial charge in [0.2, 0.25) is 0 Å². The van der Waals surface area contributed by atoms with Crippen molar-refractivity contribution >= 4 is 27.3 Å². The Bertz CT molecular complexity index is 582. The Kier molecular flexibility index (Phi) is 6.27. The quantitative estimate of drug-likeness (QED) is 0.733. The van der Waals surface area contributed by atoms with Crippen LogP contribution in [0.1, 0.15) is 35.4 Å². The van der Waals surface area contributed by atoms with Crippen LogP contribution in [0.25, 0.3) is 0 Å². The molecule has 2 aromatic rings. The lowest BCUT2D eigenvalue weighted by molar-refractivity contribution is 0.411. The third-order valence-corrected chi connectivity index (χ3v) is 5.21. The first-order chi connectivity index (χ1) is 10.1. The van der Waals surface area contributed by atoms with Crippen molar-refractivity contribution in [3.05, 3.63) is 50.1 Å². The van der Waals surface area contributed by atoms with E-state index in [2.05, 4.69) is 64.7 Å². The summed E-state index contributed by atoms with van der Waals surface area (Å²) in [4.78, 5) is 1.39. The largest absolute Gasteiger partial charge is 0.496 e. The maximum Gasteiger partial charge on any atom is 0.121 e. The van der Waals surface area contributed by atoms with Crippen LogP contribution in [0.15, 0.2) is 34.1 Å². The molecule has 0 fully saturated rings. The van der Waals surface area contributed by atoms with E-state index in [1.807, 2.05) is 0 Å². The predicted molar refractivity (Wildman–Crippen MR) is 94.5 cm³/mol. The van der Waals surface area contributed by atoms with Gasteiger partial charge in [0.25, 0.3) is 0 Å². The predicted octanol–water partition coefficient (Wildman–Crippen LogP) is 5.11. The number of nitrogens with one attached hydrogen (secondary N) is 1. The van der Waals surface area contributed by atoms with Crippen molar-refractivity contribution in [2.45, 2.75) is 32.7 Å². The minimum atomic E-state index is 0.347. The van der Waals surface area contributed by atoms with Gasteiger partial charge in [-0.25, -0.2) is 0 Å². The molecular formula is C17H22BrNOS. The first kappa shape index (κ1) is 16.5. The molecule has 0 bridgehead atoms. The van der Waals surface area contributed by atoms with Gasteiger partial charge in [-0.05, 0) is 59.1 Å². The Balaban J connectivity index is 2.20. The van der Waals surface area contributed by atoms with Crippen LogP contribution in [0.2, 0.25) is 0 Å². The van der Waals surface area contributed by atoms with Gasteiger partial charge >= 0.3 is 0 Å². The molecule has 0 aliphatic carbocycles. The lowest BCUT2D eigenvalue weighted by atomic mass is 10.00. The smallest absolute Gasteiger partial charge is 0.121 e. The molecule has 1 N–H and O–H groups in total. The summed E-state index contributed by atoms with van der Waals surface area (Å²) < 4.78 is 6.53. The van der Waals surface area contributed by atoms with Crippen LogP contribution >= 0.6 is 27.3 Å². The Morgan fingerprint density at radius 3 is 2.71 bits per heavy atom. The second kappa shape index (κ2) is 7.97. The lowest BCUT2D eigenvalue weighted by Crippen LogP contribution is -2.24. The molecule has 0 aliphatic rings. The van der Waals surface area contributed by atoms with Crippen molar-refractivity contribution in [3.63, 3.8) is 0 Å². The maximum atomic E-state index is 5.36. The molecule has 114 valence electrons. The Morgan fingerprint density at radius 1 is 1.33 bits per heavy atom. The van der Waals surface area contributed by atoms with Crippen molar-refractivity contribution < 1.29 is 4.74 Å². The van der Waals surface area contributed by atoms with E-state index in [1.165, 1.54) is 20.5 Å². The van der Waals surface area contributed by atoms with Crippen LogP contribution in [0.5, 0.6) is 5.75 Å². The minimum Gasteiger partial charge on any atom is -0.496 e. The molecule has 21 heavy (non-hydrogen) atoms. The van der Waals surface area contributed by atoms with Crippen molar-refractivity contribution in [1.82, 2.24) is 5.32 Å². The Labute approximate surface area is 139 Å². The van der Waals surface area contributed by atoms with Crippen molar-refractivity contribution in [2.24, 2.45) is 0 Å². The molecule has 1 atom stereocenters.